The summed E-state index contributed by atoms with van der Waals surface area (Å²) in [6.45, 7) is 0.675. The van der Waals surface area contributed by atoms with Crippen LogP contribution in [0.1, 0.15) is 63.7 Å². The number of thiophene rings is 1. The molecule has 4 aromatic heterocycles. The predicted molar refractivity (Wildman–Crippen MR) is 186 cm³/mol. The Labute approximate surface area is 293 Å². The van der Waals surface area contributed by atoms with Crippen molar-refractivity contribution in [3.8, 4) is 27.6 Å². The van der Waals surface area contributed by atoms with E-state index in [-0.39, 0.29) is 35.2 Å². The van der Waals surface area contributed by atoms with Crippen LogP contribution in [0.3, 0.4) is 0 Å². The molecule has 3 fully saturated rings. The maximum absolute atomic E-state index is 14.8. The number of carbonyl (C=O) groups excluding carboxylic acids is 1. The summed E-state index contributed by atoms with van der Waals surface area (Å²) >= 11 is 1.47. The van der Waals surface area contributed by atoms with Crippen LogP contribution in [0, 0.1) is 17.6 Å². The molecule has 2 saturated heterocycles. The second-order valence-electron chi connectivity index (χ2n) is 13.8. The molecule has 2 aliphatic carbocycles. The van der Waals surface area contributed by atoms with Gasteiger partial charge in [-0.1, -0.05) is 24.3 Å². The maximum atomic E-state index is 14.8. The first kappa shape index (κ1) is 30.4. The molecule has 3 aliphatic heterocycles. The normalized spacial score (nSPS) is 21.2. The van der Waals surface area contributed by atoms with E-state index in [4.69, 9.17) is 19.1 Å². The number of H-pyrrole nitrogens is 1. The number of ether oxygens (including phenoxy) is 1. The van der Waals surface area contributed by atoms with E-state index >= 15 is 0 Å². The van der Waals surface area contributed by atoms with Crippen molar-refractivity contribution >= 4 is 33.1 Å². The average Bonchev–Trinajstić information content (AvgIpc) is 3.96. The van der Waals surface area contributed by atoms with Crippen LogP contribution in [0.4, 0.5) is 14.6 Å². The van der Waals surface area contributed by atoms with Crippen LogP contribution in [0.2, 0.25) is 0 Å². The van der Waals surface area contributed by atoms with E-state index in [9.17, 15) is 18.4 Å². The Morgan fingerprint density at radius 2 is 1.94 bits per heavy atom. The Kier molecular flexibility index (Phi) is 6.58. The summed E-state index contributed by atoms with van der Waals surface area (Å²) in [4.78, 5) is 39.4. The van der Waals surface area contributed by atoms with E-state index in [2.05, 4.69) is 15.5 Å². The molecule has 6 aromatic rings. The van der Waals surface area contributed by atoms with Crippen LogP contribution in [0.15, 0.2) is 63.9 Å². The summed E-state index contributed by atoms with van der Waals surface area (Å²) in [5.74, 6) is -0.109. The van der Waals surface area contributed by atoms with Crippen LogP contribution in [-0.2, 0) is 24.8 Å². The number of pyridine rings is 2. The van der Waals surface area contributed by atoms with Gasteiger partial charge in [0.1, 0.15) is 11.6 Å². The molecule has 13 heteroatoms. The van der Waals surface area contributed by atoms with Gasteiger partial charge in [-0.15, -0.1) is 16.4 Å². The zero-order chi connectivity index (χ0) is 34.6. The summed E-state index contributed by atoms with van der Waals surface area (Å²) in [7, 11) is 1.48. The lowest BCUT2D eigenvalue weighted by atomic mass is 9.71. The van der Waals surface area contributed by atoms with Gasteiger partial charge in [0.2, 0.25) is 0 Å². The smallest absolute Gasteiger partial charge is 0.434 e. The Bertz CT molecular complexity index is 2500. The van der Waals surface area contributed by atoms with Crippen molar-refractivity contribution in [2.45, 2.75) is 50.1 Å². The Morgan fingerprint density at radius 1 is 1.08 bits per heavy atom. The predicted octanol–water partition coefficient (Wildman–Crippen LogP) is 6.95. The minimum Gasteiger partial charge on any atom is -0.493 e. The maximum Gasteiger partial charge on any atom is 0.434 e. The molecule has 10 nitrogen and oxygen atoms in total. The molecule has 1 unspecified atom stereocenters. The van der Waals surface area contributed by atoms with Gasteiger partial charge in [-0.3, -0.25) is 9.78 Å². The van der Waals surface area contributed by atoms with Crippen LogP contribution in [0.25, 0.3) is 32.0 Å². The summed E-state index contributed by atoms with van der Waals surface area (Å²) in [6.07, 6.45) is 5.51. The van der Waals surface area contributed by atoms with E-state index in [1.165, 1.54) is 30.6 Å². The Morgan fingerprint density at radius 3 is 2.75 bits per heavy atom. The van der Waals surface area contributed by atoms with Gasteiger partial charge < -0.3 is 19.4 Å². The highest BCUT2D eigenvalue weighted by Crippen LogP contribution is 2.63. The van der Waals surface area contributed by atoms with Crippen molar-refractivity contribution < 1.29 is 22.7 Å². The SMILES string of the molecule is COc1c(F)ccc2c1CCC2Nc1nccc2cc(-c3c4c(nc(CCc5ccccc5F)c3-c3n[nH]c(=O)o3)C35CC(CN3C4=O)C5)sc12. The number of anilines is 1. The first-order valence-electron chi connectivity index (χ1n) is 17.0. The van der Waals surface area contributed by atoms with Gasteiger partial charge in [0.05, 0.1) is 45.9 Å². The number of hydrogen-bond acceptors (Lipinski definition) is 9. The third kappa shape index (κ3) is 4.39. The van der Waals surface area contributed by atoms with E-state index in [0.29, 0.717) is 65.5 Å². The molecule has 1 spiro atoms. The zero-order valence-corrected chi connectivity index (χ0v) is 28.2. The third-order valence-electron chi connectivity index (χ3n) is 11.1. The number of methoxy groups -OCH3 is 1. The molecule has 0 radical (unpaired) electrons. The highest BCUT2D eigenvalue weighted by Gasteiger charge is 2.65. The first-order chi connectivity index (χ1) is 24.8. The zero-order valence-electron chi connectivity index (χ0n) is 27.4. The number of fused-ring (bicyclic) bond motifs is 3. The highest BCUT2D eigenvalue weighted by atomic mass is 32.1. The number of halogens is 2. The van der Waals surface area contributed by atoms with Gasteiger partial charge in [0.15, 0.2) is 11.6 Å². The topological polar surface area (TPSA) is 126 Å². The molecule has 1 amide bonds. The third-order valence-corrected chi connectivity index (χ3v) is 12.3. The molecule has 1 atom stereocenters. The molecule has 2 bridgehead atoms. The summed E-state index contributed by atoms with van der Waals surface area (Å²) in [6, 6.07) is 13.7. The number of aromatic amines is 1. The largest absolute Gasteiger partial charge is 0.493 e. The van der Waals surface area contributed by atoms with Crippen molar-refractivity contribution in [1.82, 2.24) is 25.1 Å². The Balaban J connectivity index is 1.15. The molecule has 1 saturated carbocycles. The average molecular weight is 705 g/mol. The number of hydrogen-bond donors (Lipinski definition) is 2. The van der Waals surface area contributed by atoms with Gasteiger partial charge in [-0.25, -0.2) is 23.7 Å². The molecule has 256 valence electrons. The van der Waals surface area contributed by atoms with E-state index in [1.54, 1.807) is 30.5 Å². The van der Waals surface area contributed by atoms with Gasteiger partial charge in [0, 0.05) is 28.7 Å². The van der Waals surface area contributed by atoms with Crippen molar-refractivity contribution in [1.29, 1.82) is 0 Å². The molecule has 2 aromatic carbocycles. The Hall–Kier alpha value is -5.43. The van der Waals surface area contributed by atoms with Crippen LogP contribution < -0.4 is 15.8 Å². The number of nitrogens with one attached hydrogen (secondary N) is 2. The van der Waals surface area contributed by atoms with E-state index < -0.39 is 11.3 Å². The summed E-state index contributed by atoms with van der Waals surface area (Å²) in [5.41, 5.74) is 4.75. The van der Waals surface area contributed by atoms with Crippen LogP contribution in [-0.4, -0.2) is 44.6 Å². The minimum atomic E-state index is -0.732. The van der Waals surface area contributed by atoms with Gasteiger partial charge in [-0.05, 0) is 85.2 Å². The first-order valence-corrected chi connectivity index (χ1v) is 17.8. The number of amides is 1. The number of aromatic nitrogens is 4. The number of rotatable bonds is 8. The lowest BCUT2D eigenvalue weighted by Crippen LogP contribution is -2.40. The highest BCUT2D eigenvalue weighted by molar-refractivity contribution is 7.23. The van der Waals surface area contributed by atoms with E-state index in [0.717, 1.165) is 51.0 Å². The van der Waals surface area contributed by atoms with Gasteiger partial charge >= 0.3 is 5.76 Å². The monoisotopic (exact) mass is 704 g/mol. The van der Waals surface area contributed by atoms with Crippen molar-refractivity contribution in [2.75, 3.05) is 19.0 Å². The van der Waals surface area contributed by atoms with Crippen molar-refractivity contribution in [3.05, 3.63) is 111 Å². The molecule has 11 rings (SSSR count). The molecular weight excluding hydrogens is 675 g/mol. The van der Waals surface area contributed by atoms with E-state index in [1.807, 2.05) is 17.0 Å². The fourth-order valence-electron chi connectivity index (χ4n) is 8.91. The summed E-state index contributed by atoms with van der Waals surface area (Å²) in [5, 5.41) is 11.1. The second kappa shape index (κ2) is 11.0. The molecule has 7 heterocycles. The van der Waals surface area contributed by atoms with Gasteiger partial charge in [-0.2, -0.15) is 0 Å². The fraction of sp³-hybridized carbons (Fsp3) is 0.289. The quantitative estimate of drug-likeness (QED) is 0.175. The molecule has 5 aliphatic rings. The van der Waals surface area contributed by atoms with Crippen molar-refractivity contribution in [2.24, 2.45) is 5.92 Å². The summed E-state index contributed by atoms with van der Waals surface area (Å²) < 4.78 is 41.2. The van der Waals surface area contributed by atoms with Crippen LogP contribution >= 0.6 is 11.3 Å². The lowest BCUT2D eigenvalue weighted by Gasteiger charge is -2.37. The van der Waals surface area contributed by atoms with Crippen molar-refractivity contribution in [3.63, 3.8) is 0 Å². The minimum absolute atomic E-state index is 0.0235. The lowest BCUT2D eigenvalue weighted by molar-refractivity contribution is 0.0637. The number of carbonyl (C=O) groups is 1. The fourth-order valence-corrected chi connectivity index (χ4v) is 10.1. The molecule has 2 N–H and O–H groups in total. The number of aryl methyl sites for hydroxylation is 2. The second-order valence-corrected chi connectivity index (χ2v) is 14.9. The molecular formula is C38H30F2N6O4S. The number of nitrogens with zero attached hydrogens (tertiary/aromatic N) is 4. The standard InChI is InChI=1S/C38H30F2N6O4S/c1-49-31-22-8-11-25(21(22)7-9-24(31)40)43-34-32-20(12-13-41-34)14-27(51-32)29-28(35-44-45-37(48)50-35)26(10-6-19-4-2-3-5-23(19)39)42-33-30(29)36(47)46-17-18-15-38(33,46)16-18/h2-5,7,9,12-14,18,25H,6,8,10-11,15-17H2,1H3,(H,41,43)(H,45,48). The number of benzene rings is 2. The van der Waals surface area contributed by atoms with Crippen LogP contribution in [0.5, 0.6) is 5.75 Å². The molecule has 51 heavy (non-hydrogen) atoms. The van der Waals surface area contributed by atoms with Gasteiger partial charge in [0.25, 0.3) is 11.8 Å².